The van der Waals surface area contributed by atoms with Gasteiger partial charge in [-0.1, -0.05) is 12.2 Å². The van der Waals surface area contributed by atoms with E-state index in [1.54, 1.807) is 0 Å². The Hall–Kier alpha value is -1.65. The molecule has 0 spiro atoms. The Morgan fingerprint density at radius 2 is 2.06 bits per heavy atom. The minimum Gasteiger partial charge on any atom is -0.258 e. The summed E-state index contributed by atoms with van der Waals surface area (Å²) in [6.45, 7) is 0. The quantitative estimate of drug-likeness (QED) is 0.446. The van der Waals surface area contributed by atoms with Crippen molar-refractivity contribution in [3.8, 4) is 0 Å². The van der Waals surface area contributed by atoms with E-state index in [1.807, 2.05) is 4.68 Å². The van der Waals surface area contributed by atoms with Crippen LogP contribution in [0.5, 0.6) is 0 Å². The second-order valence-electron chi connectivity index (χ2n) is 4.49. The van der Waals surface area contributed by atoms with Gasteiger partial charge in [0.1, 0.15) is 11.9 Å². The SMILES string of the molecule is O=[N+]([O-])c1cnn(C2CC=CC2)c1C1CC1. The van der Waals surface area contributed by atoms with Gasteiger partial charge in [-0.2, -0.15) is 5.10 Å². The van der Waals surface area contributed by atoms with Gasteiger partial charge < -0.3 is 0 Å². The molecule has 0 aromatic carbocycles. The van der Waals surface area contributed by atoms with Crippen molar-refractivity contribution in [3.63, 3.8) is 0 Å². The molecule has 0 amide bonds. The molecule has 0 atom stereocenters. The van der Waals surface area contributed by atoms with Crippen LogP contribution in [0.25, 0.3) is 0 Å². The first kappa shape index (κ1) is 9.57. The molecule has 16 heavy (non-hydrogen) atoms. The molecule has 0 bridgehead atoms. The van der Waals surface area contributed by atoms with Gasteiger partial charge in [-0.25, -0.2) is 0 Å². The van der Waals surface area contributed by atoms with E-state index in [1.165, 1.54) is 6.20 Å². The van der Waals surface area contributed by atoms with Crippen LogP contribution in [0.3, 0.4) is 0 Å². The van der Waals surface area contributed by atoms with Gasteiger partial charge >= 0.3 is 5.69 Å². The summed E-state index contributed by atoms with van der Waals surface area (Å²) >= 11 is 0. The van der Waals surface area contributed by atoms with Gasteiger partial charge in [0.2, 0.25) is 0 Å². The number of allylic oxidation sites excluding steroid dienone is 2. The van der Waals surface area contributed by atoms with E-state index in [-0.39, 0.29) is 10.6 Å². The molecule has 2 aliphatic rings. The van der Waals surface area contributed by atoms with Gasteiger partial charge in [-0.05, 0) is 25.7 Å². The Morgan fingerprint density at radius 3 is 2.62 bits per heavy atom. The predicted octanol–water partition coefficient (Wildman–Crippen LogP) is 2.56. The molecular formula is C11H13N3O2. The summed E-state index contributed by atoms with van der Waals surface area (Å²) < 4.78 is 1.88. The Labute approximate surface area is 92.9 Å². The Balaban J connectivity index is 2.00. The summed E-state index contributed by atoms with van der Waals surface area (Å²) in [6.07, 6.45) is 9.66. The monoisotopic (exact) mass is 219 g/mol. The Bertz CT molecular complexity index is 452. The number of nitrogens with zero attached hydrogens (tertiary/aromatic N) is 3. The van der Waals surface area contributed by atoms with Gasteiger partial charge in [0, 0.05) is 5.92 Å². The van der Waals surface area contributed by atoms with Crippen LogP contribution in [-0.2, 0) is 0 Å². The first-order chi connectivity index (χ1) is 7.77. The lowest BCUT2D eigenvalue weighted by molar-refractivity contribution is -0.385. The van der Waals surface area contributed by atoms with Crippen LogP contribution in [0.4, 0.5) is 5.69 Å². The molecule has 0 N–H and O–H groups in total. The van der Waals surface area contributed by atoms with Crippen molar-refractivity contribution in [2.24, 2.45) is 0 Å². The Morgan fingerprint density at radius 1 is 1.38 bits per heavy atom. The van der Waals surface area contributed by atoms with Crippen molar-refractivity contribution >= 4 is 5.69 Å². The molecule has 0 saturated heterocycles. The lowest BCUT2D eigenvalue weighted by atomic mass is 10.2. The normalized spacial score (nSPS) is 20.5. The number of aromatic nitrogens is 2. The molecule has 0 radical (unpaired) electrons. The molecule has 5 heteroatoms. The van der Waals surface area contributed by atoms with Crippen molar-refractivity contribution < 1.29 is 4.92 Å². The van der Waals surface area contributed by atoms with Crippen LogP contribution in [0.1, 0.15) is 43.3 Å². The average molecular weight is 219 g/mol. The fraction of sp³-hybridized carbons (Fsp3) is 0.545. The van der Waals surface area contributed by atoms with Gasteiger partial charge in [0.05, 0.1) is 11.0 Å². The zero-order valence-corrected chi connectivity index (χ0v) is 8.87. The zero-order valence-electron chi connectivity index (χ0n) is 8.87. The maximum Gasteiger partial charge on any atom is 0.310 e. The highest BCUT2D eigenvalue weighted by molar-refractivity contribution is 5.38. The molecule has 5 nitrogen and oxygen atoms in total. The number of nitro groups is 1. The van der Waals surface area contributed by atoms with Gasteiger partial charge in [-0.15, -0.1) is 0 Å². The molecule has 0 unspecified atom stereocenters. The van der Waals surface area contributed by atoms with E-state index in [0.717, 1.165) is 31.4 Å². The third-order valence-electron chi connectivity index (χ3n) is 3.30. The lowest BCUT2D eigenvalue weighted by Gasteiger charge is -2.12. The van der Waals surface area contributed by atoms with Crippen molar-refractivity contribution in [1.29, 1.82) is 0 Å². The van der Waals surface area contributed by atoms with Crippen molar-refractivity contribution in [2.45, 2.75) is 37.6 Å². The van der Waals surface area contributed by atoms with Crippen LogP contribution in [-0.4, -0.2) is 14.7 Å². The number of rotatable bonds is 3. The maximum absolute atomic E-state index is 10.9. The molecule has 1 heterocycles. The average Bonchev–Trinajstić information content (AvgIpc) is 2.82. The molecule has 1 fully saturated rings. The second kappa shape index (κ2) is 3.43. The van der Waals surface area contributed by atoms with E-state index < -0.39 is 0 Å². The van der Waals surface area contributed by atoms with E-state index in [4.69, 9.17) is 0 Å². The molecule has 1 aromatic heterocycles. The van der Waals surface area contributed by atoms with Crippen LogP contribution in [0, 0.1) is 10.1 Å². The molecule has 1 saturated carbocycles. The first-order valence-electron chi connectivity index (χ1n) is 5.64. The minimum atomic E-state index is -0.306. The Kier molecular flexibility index (Phi) is 2.05. The van der Waals surface area contributed by atoms with E-state index >= 15 is 0 Å². The fourth-order valence-electron chi connectivity index (χ4n) is 2.35. The summed E-state index contributed by atoms with van der Waals surface area (Å²) in [4.78, 5) is 10.6. The molecule has 2 aliphatic carbocycles. The zero-order chi connectivity index (χ0) is 11.1. The van der Waals surface area contributed by atoms with Crippen molar-refractivity contribution in [3.05, 3.63) is 34.2 Å². The number of hydrogen-bond donors (Lipinski definition) is 0. The van der Waals surface area contributed by atoms with E-state index in [0.29, 0.717) is 12.0 Å². The molecule has 1 aromatic rings. The van der Waals surface area contributed by atoms with Crippen LogP contribution in [0.2, 0.25) is 0 Å². The summed E-state index contributed by atoms with van der Waals surface area (Å²) in [5.41, 5.74) is 1.05. The summed E-state index contributed by atoms with van der Waals surface area (Å²) in [6, 6.07) is 0.296. The maximum atomic E-state index is 10.9. The highest BCUT2D eigenvalue weighted by Crippen LogP contribution is 2.45. The third kappa shape index (κ3) is 1.43. The highest BCUT2D eigenvalue weighted by atomic mass is 16.6. The lowest BCUT2D eigenvalue weighted by Crippen LogP contribution is -2.10. The standard InChI is InChI=1S/C11H13N3O2/c15-14(16)10-7-12-13(9-3-1-2-4-9)11(10)8-5-6-8/h1-2,7-9H,3-6H2. The molecule has 3 rings (SSSR count). The molecule has 0 aliphatic heterocycles. The molecule has 84 valence electrons. The van der Waals surface area contributed by atoms with Crippen molar-refractivity contribution in [2.75, 3.05) is 0 Å². The van der Waals surface area contributed by atoms with Crippen LogP contribution >= 0.6 is 0 Å². The van der Waals surface area contributed by atoms with Crippen molar-refractivity contribution in [1.82, 2.24) is 9.78 Å². The largest absolute Gasteiger partial charge is 0.310 e. The highest BCUT2D eigenvalue weighted by Gasteiger charge is 2.36. The topological polar surface area (TPSA) is 61.0 Å². The third-order valence-corrected chi connectivity index (χ3v) is 3.30. The van der Waals surface area contributed by atoms with Gasteiger partial charge in [0.15, 0.2) is 0 Å². The summed E-state index contributed by atoms with van der Waals surface area (Å²) in [7, 11) is 0. The molecular weight excluding hydrogens is 206 g/mol. The number of hydrogen-bond acceptors (Lipinski definition) is 3. The summed E-state index contributed by atoms with van der Waals surface area (Å²) in [5.74, 6) is 0.364. The van der Waals surface area contributed by atoms with E-state index in [2.05, 4.69) is 17.3 Å². The van der Waals surface area contributed by atoms with E-state index in [9.17, 15) is 10.1 Å². The van der Waals surface area contributed by atoms with Gasteiger partial charge in [-0.3, -0.25) is 14.8 Å². The fourth-order valence-corrected chi connectivity index (χ4v) is 2.35. The van der Waals surface area contributed by atoms with Crippen LogP contribution in [0.15, 0.2) is 18.3 Å². The second-order valence-corrected chi connectivity index (χ2v) is 4.49. The van der Waals surface area contributed by atoms with Gasteiger partial charge in [0.25, 0.3) is 0 Å². The predicted molar refractivity (Wildman–Crippen MR) is 58.3 cm³/mol. The summed E-state index contributed by atoms with van der Waals surface area (Å²) in [5, 5.41) is 15.1. The first-order valence-corrected chi connectivity index (χ1v) is 5.64. The van der Waals surface area contributed by atoms with Crippen LogP contribution < -0.4 is 0 Å². The minimum absolute atomic E-state index is 0.203. The smallest absolute Gasteiger partial charge is 0.258 e.